The Bertz CT molecular complexity index is 20.0. The van der Waals surface area contributed by atoms with Crippen LogP contribution in [0.15, 0.2) is 0 Å². The molecule has 0 bridgehead atoms. The van der Waals surface area contributed by atoms with Crippen LogP contribution in [0.5, 0.6) is 0 Å². The molecular formula is C5H12O2. The standard InChI is InChI=1S/C4H10O.CH2O/c1-3-5-4-2;1-2/h3-4H2,1-2H3;1H2. The Morgan fingerprint density at radius 1 is 1.29 bits per heavy atom. The second-order valence-electron chi connectivity index (χ2n) is 0.781. The lowest BCUT2D eigenvalue weighted by Crippen LogP contribution is -1.84. The van der Waals surface area contributed by atoms with Crippen LogP contribution in [0.3, 0.4) is 0 Å². The molecule has 0 aliphatic carbocycles. The molecule has 0 aromatic carbocycles. The highest BCUT2D eigenvalue weighted by Crippen LogP contribution is 1.64. The SMILES string of the molecule is C=O.CCOCC. The van der Waals surface area contributed by atoms with E-state index in [2.05, 4.69) is 0 Å². The Hall–Kier alpha value is -0.370. The first-order valence-corrected chi connectivity index (χ1v) is 2.28. The minimum atomic E-state index is 0.844. The van der Waals surface area contributed by atoms with Gasteiger partial charge in [0.2, 0.25) is 0 Å². The lowest BCUT2D eigenvalue weighted by molar-refractivity contribution is -0.0979. The highest BCUT2D eigenvalue weighted by Gasteiger charge is 1.64. The summed E-state index contributed by atoms with van der Waals surface area (Å²) in [4.78, 5) is 8.00. The number of carbonyl (C=O) groups is 1. The summed E-state index contributed by atoms with van der Waals surface area (Å²) in [5.41, 5.74) is 0. The first-order valence-electron chi connectivity index (χ1n) is 2.28. The van der Waals surface area contributed by atoms with Crippen LogP contribution in [0.1, 0.15) is 13.8 Å². The zero-order valence-corrected chi connectivity index (χ0v) is 4.94. The number of carbonyl (C=O) groups excluding carboxylic acids is 1. The normalized spacial score (nSPS) is 6.57. The quantitative estimate of drug-likeness (QED) is 0.519. The average Bonchev–Trinajstić information content (AvgIpc) is 1.75. The highest BCUT2D eigenvalue weighted by molar-refractivity contribution is 5.10. The molecule has 0 amide bonds. The van der Waals surface area contributed by atoms with Crippen molar-refractivity contribution in [1.82, 2.24) is 0 Å². The fraction of sp³-hybridized carbons (Fsp3) is 0.800. The van der Waals surface area contributed by atoms with Crippen molar-refractivity contribution in [3.05, 3.63) is 0 Å². The van der Waals surface area contributed by atoms with Gasteiger partial charge >= 0.3 is 0 Å². The molecule has 0 aromatic rings. The smallest absolute Gasteiger partial charge is 0.106 e. The van der Waals surface area contributed by atoms with Crippen LogP contribution in [0.4, 0.5) is 0 Å². The van der Waals surface area contributed by atoms with E-state index in [4.69, 9.17) is 9.53 Å². The van der Waals surface area contributed by atoms with Crippen LogP contribution in [0.2, 0.25) is 0 Å². The molecule has 0 heterocycles. The second-order valence-corrected chi connectivity index (χ2v) is 0.781. The van der Waals surface area contributed by atoms with E-state index in [1.165, 1.54) is 0 Å². The van der Waals surface area contributed by atoms with Crippen molar-refractivity contribution in [2.75, 3.05) is 13.2 Å². The molecule has 0 spiro atoms. The summed E-state index contributed by atoms with van der Waals surface area (Å²) >= 11 is 0. The Morgan fingerprint density at radius 3 is 1.57 bits per heavy atom. The molecule has 0 radical (unpaired) electrons. The summed E-state index contributed by atoms with van der Waals surface area (Å²) in [6.45, 7) is 7.67. The molecular weight excluding hydrogens is 92.1 g/mol. The van der Waals surface area contributed by atoms with Crippen LogP contribution >= 0.6 is 0 Å². The summed E-state index contributed by atoms with van der Waals surface area (Å²) in [5, 5.41) is 0. The van der Waals surface area contributed by atoms with Crippen molar-refractivity contribution >= 4 is 6.79 Å². The number of hydrogen-bond donors (Lipinski definition) is 0. The first-order chi connectivity index (χ1) is 3.41. The molecule has 2 heteroatoms. The van der Waals surface area contributed by atoms with Crippen molar-refractivity contribution in [1.29, 1.82) is 0 Å². The van der Waals surface area contributed by atoms with Gasteiger partial charge in [-0.05, 0) is 13.8 Å². The van der Waals surface area contributed by atoms with Gasteiger partial charge in [-0.3, -0.25) is 0 Å². The third-order valence-corrected chi connectivity index (χ3v) is 0.408. The summed E-state index contributed by atoms with van der Waals surface area (Å²) in [5.74, 6) is 0. The number of ether oxygens (including phenoxy) is 1. The van der Waals surface area contributed by atoms with E-state index < -0.39 is 0 Å². The Labute approximate surface area is 44.5 Å². The van der Waals surface area contributed by atoms with Gasteiger partial charge < -0.3 is 9.53 Å². The van der Waals surface area contributed by atoms with Gasteiger partial charge in [-0.1, -0.05) is 0 Å². The molecule has 7 heavy (non-hydrogen) atoms. The minimum Gasteiger partial charge on any atom is -0.382 e. The zero-order valence-electron chi connectivity index (χ0n) is 4.94. The van der Waals surface area contributed by atoms with E-state index >= 15 is 0 Å². The van der Waals surface area contributed by atoms with E-state index in [9.17, 15) is 0 Å². The summed E-state index contributed by atoms with van der Waals surface area (Å²) in [6.07, 6.45) is 0. The molecule has 0 fully saturated rings. The maximum absolute atomic E-state index is 8.00. The molecule has 0 saturated heterocycles. The Balaban J connectivity index is 0. The summed E-state index contributed by atoms with van der Waals surface area (Å²) in [7, 11) is 0. The van der Waals surface area contributed by atoms with Gasteiger partial charge in [-0.15, -0.1) is 0 Å². The Morgan fingerprint density at radius 2 is 1.57 bits per heavy atom. The maximum atomic E-state index is 8.00. The molecule has 0 aliphatic heterocycles. The summed E-state index contributed by atoms with van der Waals surface area (Å²) < 4.78 is 4.83. The third-order valence-electron chi connectivity index (χ3n) is 0.408. The van der Waals surface area contributed by atoms with E-state index in [0.29, 0.717) is 0 Å². The number of rotatable bonds is 2. The predicted octanol–water partition coefficient (Wildman–Crippen LogP) is 0.858. The first kappa shape index (κ1) is 9.80. The van der Waals surface area contributed by atoms with E-state index in [1.54, 1.807) is 0 Å². The minimum absolute atomic E-state index is 0.844. The predicted molar refractivity (Wildman–Crippen MR) is 29.3 cm³/mol. The van der Waals surface area contributed by atoms with Crippen LogP contribution in [-0.4, -0.2) is 20.0 Å². The van der Waals surface area contributed by atoms with Gasteiger partial charge in [-0.2, -0.15) is 0 Å². The topological polar surface area (TPSA) is 26.3 Å². The van der Waals surface area contributed by atoms with E-state index in [1.807, 2.05) is 20.6 Å². The molecule has 44 valence electrons. The monoisotopic (exact) mass is 104 g/mol. The van der Waals surface area contributed by atoms with Crippen LogP contribution in [0, 0.1) is 0 Å². The van der Waals surface area contributed by atoms with Crippen molar-refractivity contribution in [2.24, 2.45) is 0 Å². The van der Waals surface area contributed by atoms with Gasteiger partial charge in [-0.25, -0.2) is 0 Å². The highest BCUT2D eigenvalue weighted by atomic mass is 16.5. The zero-order chi connectivity index (χ0) is 6.12. The van der Waals surface area contributed by atoms with Crippen molar-refractivity contribution in [3.8, 4) is 0 Å². The van der Waals surface area contributed by atoms with Crippen LogP contribution < -0.4 is 0 Å². The molecule has 0 unspecified atom stereocenters. The molecule has 0 rings (SSSR count). The Kier molecular flexibility index (Phi) is 24.4. The molecule has 0 aromatic heterocycles. The van der Waals surface area contributed by atoms with Gasteiger partial charge in [0.15, 0.2) is 0 Å². The lowest BCUT2D eigenvalue weighted by Gasteiger charge is -1.86. The molecule has 0 N–H and O–H groups in total. The average molecular weight is 104 g/mol. The van der Waals surface area contributed by atoms with Gasteiger partial charge in [0.05, 0.1) is 0 Å². The van der Waals surface area contributed by atoms with Crippen LogP contribution in [0.25, 0.3) is 0 Å². The third kappa shape index (κ3) is 27.9. The van der Waals surface area contributed by atoms with Crippen molar-refractivity contribution in [2.45, 2.75) is 13.8 Å². The van der Waals surface area contributed by atoms with Crippen molar-refractivity contribution < 1.29 is 9.53 Å². The molecule has 0 saturated carbocycles. The molecule has 0 aliphatic rings. The van der Waals surface area contributed by atoms with E-state index in [-0.39, 0.29) is 0 Å². The summed E-state index contributed by atoms with van der Waals surface area (Å²) in [6, 6.07) is 0. The van der Waals surface area contributed by atoms with Crippen LogP contribution in [-0.2, 0) is 9.53 Å². The number of hydrogen-bond acceptors (Lipinski definition) is 2. The fourth-order valence-electron chi connectivity index (χ4n) is 0.204. The molecule has 2 nitrogen and oxygen atoms in total. The lowest BCUT2D eigenvalue weighted by atomic mass is 10.8. The van der Waals surface area contributed by atoms with Gasteiger partial charge in [0.1, 0.15) is 6.79 Å². The maximum Gasteiger partial charge on any atom is 0.106 e. The van der Waals surface area contributed by atoms with Gasteiger partial charge in [0.25, 0.3) is 0 Å². The van der Waals surface area contributed by atoms with E-state index in [0.717, 1.165) is 13.2 Å². The molecule has 0 atom stereocenters. The van der Waals surface area contributed by atoms with Gasteiger partial charge in [0, 0.05) is 13.2 Å². The largest absolute Gasteiger partial charge is 0.382 e. The fourth-order valence-corrected chi connectivity index (χ4v) is 0.204. The second kappa shape index (κ2) is 17.4. The van der Waals surface area contributed by atoms with Crippen molar-refractivity contribution in [3.63, 3.8) is 0 Å².